The van der Waals surface area contributed by atoms with Crippen LogP contribution in [0.3, 0.4) is 0 Å². The van der Waals surface area contributed by atoms with Gasteiger partial charge in [-0.3, -0.25) is 0 Å². The van der Waals surface area contributed by atoms with E-state index in [9.17, 15) is 0 Å². The third-order valence-electron chi connectivity index (χ3n) is 1.78. The van der Waals surface area contributed by atoms with Crippen LogP contribution < -0.4 is 0 Å². The number of allylic oxidation sites excluding steroid dienone is 2. The van der Waals surface area contributed by atoms with E-state index in [0.29, 0.717) is 0 Å². The highest BCUT2D eigenvalue weighted by Crippen LogP contribution is 2.20. The summed E-state index contributed by atoms with van der Waals surface area (Å²) in [4.78, 5) is 0. The van der Waals surface area contributed by atoms with Crippen LogP contribution in [0.2, 0.25) is 0 Å². The first-order valence-corrected chi connectivity index (χ1v) is 4.97. The molecule has 0 heterocycles. The van der Waals surface area contributed by atoms with Gasteiger partial charge >= 0.3 is 0 Å². The van der Waals surface area contributed by atoms with Crippen LogP contribution in [0.4, 0.5) is 0 Å². The van der Waals surface area contributed by atoms with Gasteiger partial charge in [-0.05, 0) is 37.2 Å². The van der Waals surface area contributed by atoms with Crippen molar-refractivity contribution in [3.05, 3.63) is 12.2 Å². The van der Waals surface area contributed by atoms with Crippen molar-refractivity contribution in [1.82, 2.24) is 0 Å². The lowest BCUT2D eigenvalue weighted by atomic mass is 9.97. The zero-order valence-electron chi connectivity index (χ0n) is 5.97. The molecule has 1 unspecified atom stereocenters. The molecule has 0 aromatic rings. The molecule has 0 amide bonds. The molecular weight excluding hydrogens is 128 g/mol. The Morgan fingerprint density at radius 3 is 3.00 bits per heavy atom. The molecule has 1 aliphatic carbocycles. The van der Waals surface area contributed by atoms with Gasteiger partial charge < -0.3 is 0 Å². The molecule has 0 aliphatic heterocycles. The largest absolute Gasteiger partial charge is 0.165 e. The van der Waals surface area contributed by atoms with Gasteiger partial charge in [0.2, 0.25) is 0 Å². The van der Waals surface area contributed by atoms with Crippen LogP contribution in [-0.4, -0.2) is 12.0 Å². The summed E-state index contributed by atoms with van der Waals surface area (Å²) in [5, 5.41) is 0. The lowest BCUT2D eigenvalue weighted by molar-refractivity contribution is 0.536. The third kappa shape index (κ3) is 2.44. The summed E-state index contributed by atoms with van der Waals surface area (Å²) in [6.07, 6.45) is 10.9. The van der Waals surface area contributed by atoms with E-state index in [-0.39, 0.29) is 0 Å². The van der Waals surface area contributed by atoms with Gasteiger partial charge in [-0.2, -0.15) is 11.8 Å². The van der Waals surface area contributed by atoms with Crippen LogP contribution in [0, 0.1) is 5.92 Å². The lowest BCUT2D eigenvalue weighted by Crippen LogP contribution is -2.04. The maximum absolute atomic E-state index is 2.32. The van der Waals surface area contributed by atoms with Crippen LogP contribution in [0.15, 0.2) is 12.2 Å². The van der Waals surface area contributed by atoms with Crippen LogP contribution in [-0.2, 0) is 0 Å². The summed E-state index contributed by atoms with van der Waals surface area (Å²) >= 11 is 1.97. The summed E-state index contributed by atoms with van der Waals surface area (Å²) < 4.78 is 0. The predicted octanol–water partition coefficient (Wildman–Crippen LogP) is 2.71. The van der Waals surface area contributed by atoms with E-state index >= 15 is 0 Å². The zero-order chi connectivity index (χ0) is 6.53. The Labute approximate surface area is 61.7 Å². The van der Waals surface area contributed by atoms with Gasteiger partial charge in [0.15, 0.2) is 0 Å². The van der Waals surface area contributed by atoms with E-state index in [1.807, 2.05) is 11.8 Å². The van der Waals surface area contributed by atoms with Crippen molar-refractivity contribution in [2.45, 2.75) is 19.3 Å². The summed E-state index contributed by atoms with van der Waals surface area (Å²) in [6, 6.07) is 0. The monoisotopic (exact) mass is 142 g/mol. The Morgan fingerprint density at radius 2 is 2.44 bits per heavy atom. The molecule has 0 N–H and O–H groups in total. The highest BCUT2D eigenvalue weighted by molar-refractivity contribution is 7.98. The molecule has 1 aliphatic rings. The fourth-order valence-corrected chi connectivity index (χ4v) is 2.02. The minimum absolute atomic E-state index is 0.977. The van der Waals surface area contributed by atoms with Crippen LogP contribution >= 0.6 is 11.8 Å². The molecule has 0 saturated carbocycles. The molecule has 0 nitrogen and oxygen atoms in total. The molecule has 0 aromatic carbocycles. The molecule has 0 aromatic heterocycles. The topological polar surface area (TPSA) is 0 Å². The van der Waals surface area contributed by atoms with Crippen molar-refractivity contribution < 1.29 is 0 Å². The average Bonchev–Trinajstić information content (AvgIpc) is 1.91. The Bertz CT molecular complexity index is 96.7. The first kappa shape index (κ1) is 7.20. The zero-order valence-corrected chi connectivity index (χ0v) is 6.79. The Hall–Kier alpha value is 0.0900. The van der Waals surface area contributed by atoms with Crippen molar-refractivity contribution in [2.75, 3.05) is 12.0 Å². The molecule has 1 heteroatoms. The highest BCUT2D eigenvalue weighted by Gasteiger charge is 2.07. The minimum atomic E-state index is 0.977. The molecule has 0 saturated heterocycles. The van der Waals surface area contributed by atoms with E-state index in [1.165, 1.54) is 25.0 Å². The SMILES string of the molecule is CSCC1CC=CCC1. The van der Waals surface area contributed by atoms with Crippen molar-refractivity contribution in [3.63, 3.8) is 0 Å². The van der Waals surface area contributed by atoms with Gasteiger partial charge in [0.05, 0.1) is 0 Å². The fraction of sp³-hybridized carbons (Fsp3) is 0.750. The molecule has 0 radical (unpaired) electrons. The Balaban J connectivity index is 2.18. The number of thioether (sulfide) groups is 1. The predicted molar refractivity (Wildman–Crippen MR) is 44.9 cm³/mol. The fourth-order valence-electron chi connectivity index (χ4n) is 1.24. The molecule has 0 fully saturated rings. The number of hydrogen-bond acceptors (Lipinski definition) is 1. The van der Waals surface area contributed by atoms with Gasteiger partial charge in [-0.1, -0.05) is 12.2 Å². The molecule has 52 valence electrons. The molecule has 1 atom stereocenters. The molecular formula is C8H14S. The number of hydrogen-bond donors (Lipinski definition) is 0. The van der Waals surface area contributed by atoms with E-state index in [0.717, 1.165) is 5.92 Å². The van der Waals surface area contributed by atoms with Gasteiger partial charge in [-0.25, -0.2) is 0 Å². The van der Waals surface area contributed by atoms with Crippen molar-refractivity contribution in [3.8, 4) is 0 Å². The van der Waals surface area contributed by atoms with Crippen molar-refractivity contribution in [2.24, 2.45) is 5.92 Å². The maximum Gasteiger partial charge on any atom is -0.00388 e. The lowest BCUT2D eigenvalue weighted by Gasteiger charge is -2.15. The third-order valence-corrected chi connectivity index (χ3v) is 2.58. The molecule has 9 heavy (non-hydrogen) atoms. The highest BCUT2D eigenvalue weighted by atomic mass is 32.2. The quantitative estimate of drug-likeness (QED) is 0.534. The van der Waals surface area contributed by atoms with E-state index in [4.69, 9.17) is 0 Å². The molecule has 1 rings (SSSR count). The summed E-state index contributed by atoms with van der Waals surface area (Å²) in [5.41, 5.74) is 0. The van der Waals surface area contributed by atoms with Crippen LogP contribution in [0.5, 0.6) is 0 Å². The Morgan fingerprint density at radius 1 is 1.56 bits per heavy atom. The van der Waals surface area contributed by atoms with Crippen molar-refractivity contribution in [1.29, 1.82) is 0 Å². The molecule has 0 bridgehead atoms. The Kier molecular flexibility index (Phi) is 3.20. The van der Waals surface area contributed by atoms with Crippen LogP contribution in [0.25, 0.3) is 0 Å². The van der Waals surface area contributed by atoms with Crippen LogP contribution in [0.1, 0.15) is 19.3 Å². The standard InChI is InChI=1S/C8H14S/c1-9-7-8-5-3-2-4-6-8/h2-3,8H,4-7H2,1H3. The van der Waals surface area contributed by atoms with Gasteiger partial charge in [0.1, 0.15) is 0 Å². The maximum atomic E-state index is 2.32. The summed E-state index contributed by atoms with van der Waals surface area (Å²) in [6.45, 7) is 0. The first-order chi connectivity index (χ1) is 4.43. The average molecular weight is 142 g/mol. The second-order valence-electron chi connectivity index (χ2n) is 2.61. The minimum Gasteiger partial charge on any atom is -0.165 e. The second-order valence-corrected chi connectivity index (χ2v) is 3.52. The smallest absolute Gasteiger partial charge is 0.00388 e. The normalized spacial score (nSPS) is 26.6. The van der Waals surface area contributed by atoms with E-state index in [1.54, 1.807) is 0 Å². The van der Waals surface area contributed by atoms with Crippen molar-refractivity contribution >= 4 is 11.8 Å². The van der Waals surface area contributed by atoms with E-state index < -0.39 is 0 Å². The van der Waals surface area contributed by atoms with Gasteiger partial charge in [0.25, 0.3) is 0 Å². The van der Waals surface area contributed by atoms with Gasteiger partial charge in [-0.15, -0.1) is 0 Å². The summed E-state index contributed by atoms with van der Waals surface area (Å²) in [5.74, 6) is 2.33. The van der Waals surface area contributed by atoms with Gasteiger partial charge in [0, 0.05) is 0 Å². The second kappa shape index (κ2) is 3.99. The molecule has 0 spiro atoms. The first-order valence-electron chi connectivity index (χ1n) is 3.57. The van der Waals surface area contributed by atoms with E-state index in [2.05, 4.69) is 18.4 Å². The number of rotatable bonds is 2. The summed E-state index contributed by atoms with van der Waals surface area (Å²) in [7, 11) is 0.